The van der Waals surface area contributed by atoms with Crippen LogP contribution >= 0.6 is 0 Å². The molecule has 0 radical (unpaired) electrons. The van der Waals surface area contributed by atoms with E-state index in [0.29, 0.717) is 5.82 Å². The smallest absolute Gasteiger partial charge is 0.234 e. The van der Waals surface area contributed by atoms with Crippen LogP contribution in [-0.2, 0) is 5.41 Å². The van der Waals surface area contributed by atoms with E-state index in [2.05, 4.69) is 27.4 Å². The molecule has 2 aromatic heterocycles. The Hall–Kier alpha value is -1.75. The second-order valence-corrected chi connectivity index (χ2v) is 5.45. The zero-order chi connectivity index (χ0) is 13.8. The van der Waals surface area contributed by atoms with Crippen molar-refractivity contribution in [1.82, 2.24) is 20.4 Å². The summed E-state index contributed by atoms with van der Waals surface area (Å²) in [6.07, 6.45) is 6.20. The third-order valence-corrected chi connectivity index (χ3v) is 3.97. The highest BCUT2D eigenvalue weighted by Gasteiger charge is 2.38. The Morgan fingerprint density at radius 2 is 2.35 bits per heavy atom. The van der Waals surface area contributed by atoms with Crippen molar-refractivity contribution in [2.75, 3.05) is 13.1 Å². The molecule has 5 nitrogen and oxygen atoms in total. The zero-order valence-electron chi connectivity index (χ0n) is 11.8. The Morgan fingerprint density at radius 3 is 3.05 bits per heavy atom. The highest BCUT2D eigenvalue weighted by Crippen LogP contribution is 2.35. The fraction of sp³-hybridized carbons (Fsp3) is 0.533. The zero-order valence-corrected chi connectivity index (χ0v) is 11.8. The average Bonchev–Trinajstić information content (AvgIpc) is 3.00. The molecule has 2 aromatic rings. The minimum absolute atomic E-state index is 0.00691. The monoisotopic (exact) mass is 272 g/mol. The third-order valence-electron chi connectivity index (χ3n) is 3.97. The predicted molar refractivity (Wildman–Crippen MR) is 76.2 cm³/mol. The molecular formula is C15H20N4O. The van der Waals surface area contributed by atoms with E-state index in [9.17, 15) is 0 Å². The molecule has 1 fully saturated rings. The number of aromatic nitrogens is 3. The van der Waals surface area contributed by atoms with Gasteiger partial charge in [-0.3, -0.25) is 4.98 Å². The van der Waals surface area contributed by atoms with Crippen LogP contribution in [0, 0.1) is 0 Å². The predicted octanol–water partition coefficient (Wildman–Crippen LogP) is 2.55. The second kappa shape index (κ2) is 5.71. The molecule has 3 heterocycles. The van der Waals surface area contributed by atoms with E-state index < -0.39 is 0 Å². The Labute approximate surface area is 118 Å². The van der Waals surface area contributed by atoms with Gasteiger partial charge in [0.2, 0.25) is 11.7 Å². The van der Waals surface area contributed by atoms with Crippen molar-refractivity contribution in [1.29, 1.82) is 0 Å². The molecule has 0 spiro atoms. The van der Waals surface area contributed by atoms with Crippen LogP contribution < -0.4 is 5.32 Å². The summed E-state index contributed by atoms with van der Waals surface area (Å²) in [5, 5.41) is 7.58. The van der Waals surface area contributed by atoms with Crippen molar-refractivity contribution in [2.45, 2.75) is 38.0 Å². The normalized spacial score (nSPS) is 22.9. The van der Waals surface area contributed by atoms with Gasteiger partial charge in [-0.05, 0) is 37.9 Å². The minimum Gasteiger partial charge on any atom is -0.338 e. The summed E-state index contributed by atoms with van der Waals surface area (Å²) in [4.78, 5) is 8.89. The van der Waals surface area contributed by atoms with Gasteiger partial charge in [0.1, 0.15) is 5.69 Å². The minimum atomic E-state index is -0.00691. The largest absolute Gasteiger partial charge is 0.338 e. The maximum Gasteiger partial charge on any atom is 0.234 e. The Bertz CT molecular complexity index is 541. The summed E-state index contributed by atoms with van der Waals surface area (Å²) in [7, 11) is 0. The van der Waals surface area contributed by atoms with Crippen LogP contribution in [-0.4, -0.2) is 28.2 Å². The van der Waals surface area contributed by atoms with Crippen molar-refractivity contribution in [3.63, 3.8) is 0 Å². The lowest BCUT2D eigenvalue weighted by Crippen LogP contribution is -2.43. The van der Waals surface area contributed by atoms with Gasteiger partial charge in [0.25, 0.3) is 0 Å². The molecule has 0 aliphatic carbocycles. The second-order valence-electron chi connectivity index (χ2n) is 5.45. The van der Waals surface area contributed by atoms with Crippen LogP contribution in [0.15, 0.2) is 28.9 Å². The first-order valence-electron chi connectivity index (χ1n) is 7.30. The van der Waals surface area contributed by atoms with Crippen LogP contribution in [0.4, 0.5) is 0 Å². The molecule has 106 valence electrons. The van der Waals surface area contributed by atoms with Crippen molar-refractivity contribution < 1.29 is 4.52 Å². The Morgan fingerprint density at radius 1 is 1.40 bits per heavy atom. The van der Waals surface area contributed by atoms with Crippen LogP contribution in [0.25, 0.3) is 11.5 Å². The van der Waals surface area contributed by atoms with E-state index in [1.807, 2.05) is 18.2 Å². The summed E-state index contributed by atoms with van der Waals surface area (Å²) in [5.74, 6) is 1.34. The van der Waals surface area contributed by atoms with Gasteiger partial charge in [-0.25, -0.2) is 0 Å². The molecule has 20 heavy (non-hydrogen) atoms. The summed E-state index contributed by atoms with van der Waals surface area (Å²) in [6.45, 7) is 4.20. The lowest BCUT2D eigenvalue weighted by molar-refractivity contribution is 0.213. The number of rotatable bonds is 4. The van der Waals surface area contributed by atoms with Gasteiger partial charge in [0, 0.05) is 12.7 Å². The van der Waals surface area contributed by atoms with Gasteiger partial charge >= 0.3 is 0 Å². The summed E-state index contributed by atoms with van der Waals surface area (Å²) in [5.41, 5.74) is 0.755. The third kappa shape index (κ3) is 2.45. The van der Waals surface area contributed by atoms with E-state index in [4.69, 9.17) is 4.52 Å². The molecule has 0 saturated carbocycles. The maximum atomic E-state index is 5.57. The molecule has 5 heteroatoms. The molecule has 0 bridgehead atoms. The van der Waals surface area contributed by atoms with Crippen molar-refractivity contribution in [3.8, 4) is 11.5 Å². The van der Waals surface area contributed by atoms with E-state index >= 15 is 0 Å². The highest BCUT2D eigenvalue weighted by molar-refractivity contribution is 5.47. The molecule has 0 amide bonds. The van der Waals surface area contributed by atoms with E-state index in [1.54, 1.807) is 6.20 Å². The van der Waals surface area contributed by atoms with Crippen molar-refractivity contribution >= 4 is 0 Å². The average molecular weight is 272 g/mol. The van der Waals surface area contributed by atoms with Gasteiger partial charge in [0.05, 0.1) is 5.41 Å². The Balaban J connectivity index is 1.91. The van der Waals surface area contributed by atoms with Gasteiger partial charge in [-0.2, -0.15) is 4.98 Å². The first kappa shape index (κ1) is 13.2. The molecule has 1 aliphatic rings. The first-order chi connectivity index (χ1) is 9.84. The maximum absolute atomic E-state index is 5.57. The summed E-state index contributed by atoms with van der Waals surface area (Å²) < 4.78 is 5.57. The summed E-state index contributed by atoms with van der Waals surface area (Å²) >= 11 is 0. The van der Waals surface area contributed by atoms with Crippen molar-refractivity contribution in [3.05, 3.63) is 30.3 Å². The molecule has 1 saturated heterocycles. The number of piperidine rings is 1. The van der Waals surface area contributed by atoms with Gasteiger partial charge in [-0.15, -0.1) is 0 Å². The molecule has 1 unspecified atom stereocenters. The van der Waals surface area contributed by atoms with Gasteiger partial charge in [0.15, 0.2) is 0 Å². The number of nitrogens with one attached hydrogen (secondary N) is 1. The van der Waals surface area contributed by atoms with E-state index in [1.165, 1.54) is 0 Å². The first-order valence-corrected chi connectivity index (χ1v) is 7.30. The molecular weight excluding hydrogens is 252 g/mol. The molecule has 1 N–H and O–H groups in total. The standard InChI is InChI=1S/C15H20N4O/c1-2-7-15(8-5-9-16-11-15)14-18-13(19-20-14)12-6-3-4-10-17-12/h3-4,6,10,16H,2,5,7-9,11H2,1H3. The van der Waals surface area contributed by atoms with Crippen molar-refractivity contribution in [2.24, 2.45) is 0 Å². The number of nitrogens with zero attached hydrogens (tertiary/aromatic N) is 3. The van der Waals surface area contributed by atoms with Gasteiger partial charge < -0.3 is 9.84 Å². The van der Waals surface area contributed by atoms with Crippen LogP contribution in [0.2, 0.25) is 0 Å². The van der Waals surface area contributed by atoms with Crippen LogP contribution in [0.5, 0.6) is 0 Å². The Kier molecular flexibility index (Phi) is 3.78. The van der Waals surface area contributed by atoms with E-state index in [-0.39, 0.29) is 5.41 Å². The lowest BCUT2D eigenvalue weighted by atomic mass is 9.77. The molecule has 1 atom stereocenters. The number of hydrogen-bond acceptors (Lipinski definition) is 5. The topological polar surface area (TPSA) is 63.8 Å². The molecule has 0 aromatic carbocycles. The fourth-order valence-electron chi connectivity index (χ4n) is 2.99. The molecule has 1 aliphatic heterocycles. The fourth-order valence-corrected chi connectivity index (χ4v) is 2.99. The summed E-state index contributed by atoms with van der Waals surface area (Å²) in [6, 6.07) is 5.72. The van der Waals surface area contributed by atoms with E-state index in [0.717, 1.165) is 50.4 Å². The number of hydrogen-bond donors (Lipinski definition) is 1. The SMILES string of the molecule is CCCC1(c2nc(-c3ccccn3)no2)CCCNC1. The molecule has 3 rings (SSSR count). The van der Waals surface area contributed by atoms with Gasteiger partial charge in [-0.1, -0.05) is 24.6 Å². The highest BCUT2D eigenvalue weighted by atomic mass is 16.5. The lowest BCUT2D eigenvalue weighted by Gasteiger charge is -2.34. The quantitative estimate of drug-likeness (QED) is 0.926. The number of pyridine rings is 1. The van der Waals surface area contributed by atoms with Crippen LogP contribution in [0.3, 0.4) is 0 Å². The van der Waals surface area contributed by atoms with Crippen LogP contribution in [0.1, 0.15) is 38.5 Å².